The van der Waals surface area contributed by atoms with Gasteiger partial charge in [0.05, 0.1) is 0 Å². The van der Waals surface area contributed by atoms with E-state index in [9.17, 15) is 0 Å². The van der Waals surface area contributed by atoms with Gasteiger partial charge < -0.3 is 0 Å². The van der Waals surface area contributed by atoms with Gasteiger partial charge in [0.1, 0.15) is 0 Å². The quantitative estimate of drug-likeness (QED) is 0.189. The lowest BCUT2D eigenvalue weighted by Crippen LogP contribution is -1.92. The molecule has 0 saturated heterocycles. The van der Waals surface area contributed by atoms with Crippen molar-refractivity contribution in [1.82, 2.24) is 0 Å². The van der Waals surface area contributed by atoms with Crippen LogP contribution in [0.25, 0.3) is 29.4 Å². The average Bonchev–Trinajstić information content (AvgIpc) is 2.99. The molecular weight excluding hydrogens is 480 g/mol. The number of hydrogen-bond acceptors (Lipinski definition) is 0. The minimum Gasteiger partial charge on any atom is -0.0792 e. The van der Waals surface area contributed by atoms with Crippen LogP contribution in [0.5, 0.6) is 0 Å². The highest BCUT2D eigenvalue weighted by Crippen LogP contribution is 2.30. The van der Waals surface area contributed by atoms with Gasteiger partial charge in [-0.3, -0.25) is 0 Å². The second-order valence-corrected chi connectivity index (χ2v) is 10.5. The molecule has 0 spiro atoms. The van der Waals surface area contributed by atoms with Crippen molar-refractivity contribution in [3.05, 3.63) is 183 Å². The second-order valence-electron chi connectivity index (χ2n) is 10.5. The SMILES string of the molecule is CC=C(c1ccc(C)cc1)c1ccc(C(=Cc2ccc(C=Cc3ccc(C)cc3)cc2)c2ccc(C)cc2)cc1. The van der Waals surface area contributed by atoms with Gasteiger partial charge in [0, 0.05) is 0 Å². The van der Waals surface area contributed by atoms with Gasteiger partial charge in [0.25, 0.3) is 0 Å². The standard InChI is InChI=1S/C40H36/c1-5-39(35-20-8-30(3)9-21-35)36-24-26-38(27-25-36)40(37-22-10-31(4)11-23-37)28-34-18-16-33(17-19-34)15-14-32-12-6-29(2)7-13-32/h5-28H,1-4H3. The van der Waals surface area contributed by atoms with Crippen LogP contribution in [-0.2, 0) is 0 Å². The maximum atomic E-state index is 2.30. The third-order valence-corrected chi connectivity index (χ3v) is 7.31. The van der Waals surface area contributed by atoms with E-state index in [0.29, 0.717) is 0 Å². The zero-order chi connectivity index (χ0) is 27.9. The summed E-state index contributed by atoms with van der Waals surface area (Å²) in [7, 11) is 0. The van der Waals surface area contributed by atoms with Crippen molar-refractivity contribution < 1.29 is 0 Å². The van der Waals surface area contributed by atoms with Crippen molar-refractivity contribution in [1.29, 1.82) is 0 Å². The van der Waals surface area contributed by atoms with E-state index in [1.165, 1.54) is 66.8 Å². The van der Waals surface area contributed by atoms with Crippen LogP contribution in [0, 0.1) is 20.8 Å². The van der Waals surface area contributed by atoms with Crippen LogP contribution in [0.15, 0.2) is 127 Å². The molecule has 5 aromatic rings. The van der Waals surface area contributed by atoms with Gasteiger partial charge in [-0.05, 0) is 83.9 Å². The van der Waals surface area contributed by atoms with Crippen molar-refractivity contribution in [3.63, 3.8) is 0 Å². The third kappa shape index (κ3) is 6.65. The fraction of sp³-hybridized carbons (Fsp3) is 0.100. The topological polar surface area (TPSA) is 0 Å². The largest absolute Gasteiger partial charge is 0.0792 e. The second kappa shape index (κ2) is 12.5. The summed E-state index contributed by atoms with van der Waals surface area (Å²) in [6, 6.07) is 43.9. The molecule has 0 unspecified atom stereocenters. The summed E-state index contributed by atoms with van der Waals surface area (Å²) >= 11 is 0. The van der Waals surface area contributed by atoms with Gasteiger partial charge in [0.2, 0.25) is 0 Å². The number of aryl methyl sites for hydroxylation is 3. The first-order chi connectivity index (χ1) is 19.5. The third-order valence-electron chi connectivity index (χ3n) is 7.31. The zero-order valence-electron chi connectivity index (χ0n) is 23.9. The Labute approximate surface area is 239 Å². The summed E-state index contributed by atoms with van der Waals surface area (Å²) in [5.41, 5.74) is 14.8. The molecule has 0 nitrogen and oxygen atoms in total. The molecule has 0 amide bonds. The number of benzene rings is 5. The lowest BCUT2D eigenvalue weighted by molar-refractivity contribution is 1.43. The lowest BCUT2D eigenvalue weighted by Gasteiger charge is -2.13. The van der Waals surface area contributed by atoms with E-state index in [2.05, 4.69) is 173 Å². The summed E-state index contributed by atoms with van der Waals surface area (Å²) in [5, 5.41) is 0. The van der Waals surface area contributed by atoms with E-state index >= 15 is 0 Å². The van der Waals surface area contributed by atoms with Crippen molar-refractivity contribution in [2.24, 2.45) is 0 Å². The van der Waals surface area contributed by atoms with Gasteiger partial charge in [-0.25, -0.2) is 0 Å². The molecule has 5 aromatic carbocycles. The van der Waals surface area contributed by atoms with Crippen LogP contribution in [-0.4, -0.2) is 0 Å². The fourth-order valence-corrected chi connectivity index (χ4v) is 4.87. The summed E-state index contributed by atoms with van der Waals surface area (Å²) in [4.78, 5) is 0. The Bertz CT molecular complexity index is 1640. The minimum absolute atomic E-state index is 1.18. The van der Waals surface area contributed by atoms with E-state index in [0.717, 1.165) is 0 Å². The van der Waals surface area contributed by atoms with Gasteiger partial charge in [-0.15, -0.1) is 0 Å². The molecule has 0 heteroatoms. The Morgan fingerprint density at radius 2 is 0.675 bits per heavy atom. The minimum atomic E-state index is 1.18. The van der Waals surface area contributed by atoms with Crippen molar-refractivity contribution >= 4 is 29.4 Å². The monoisotopic (exact) mass is 516 g/mol. The van der Waals surface area contributed by atoms with E-state index in [4.69, 9.17) is 0 Å². The molecule has 0 atom stereocenters. The van der Waals surface area contributed by atoms with E-state index < -0.39 is 0 Å². The Kier molecular flexibility index (Phi) is 8.38. The molecule has 0 aliphatic rings. The summed E-state index contributed by atoms with van der Waals surface area (Å²) in [5.74, 6) is 0. The fourth-order valence-electron chi connectivity index (χ4n) is 4.87. The molecule has 0 radical (unpaired) electrons. The van der Waals surface area contributed by atoms with Crippen LogP contribution >= 0.6 is 0 Å². The first-order valence-corrected chi connectivity index (χ1v) is 14.0. The van der Waals surface area contributed by atoms with Gasteiger partial charge in [0.15, 0.2) is 0 Å². The summed E-state index contributed by atoms with van der Waals surface area (Å²) < 4.78 is 0. The molecule has 0 bridgehead atoms. The van der Waals surface area contributed by atoms with Gasteiger partial charge >= 0.3 is 0 Å². The average molecular weight is 517 g/mol. The van der Waals surface area contributed by atoms with Crippen molar-refractivity contribution in [2.45, 2.75) is 27.7 Å². The van der Waals surface area contributed by atoms with Crippen LogP contribution in [0.1, 0.15) is 62.6 Å². The number of hydrogen-bond donors (Lipinski definition) is 0. The van der Waals surface area contributed by atoms with Crippen molar-refractivity contribution in [3.8, 4) is 0 Å². The Morgan fingerprint density at radius 1 is 0.375 bits per heavy atom. The molecule has 0 saturated carbocycles. The maximum Gasteiger partial charge on any atom is -0.0105 e. The molecule has 5 rings (SSSR count). The molecule has 0 fully saturated rings. The predicted molar refractivity (Wildman–Crippen MR) is 175 cm³/mol. The molecule has 196 valence electrons. The zero-order valence-corrected chi connectivity index (χ0v) is 23.9. The van der Waals surface area contributed by atoms with E-state index in [1.807, 2.05) is 0 Å². The molecule has 0 heterocycles. The first-order valence-electron chi connectivity index (χ1n) is 14.0. The van der Waals surface area contributed by atoms with Gasteiger partial charge in [-0.1, -0.05) is 156 Å². The lowest BCUT2D eigenvalue weighted by atomic mass is 9.91. The Hall–Kier alpha value is -4.68. The summed E-state index contributed by atoms with van der Waals surface area (Å²) in [6.07, 6.45) is 8.83. The first kappa shape index (κ1) is 26.9. The molecule has 40 heavy (non-hydrogen) atoms. The highest BCUT2D eigenvalue weighted by Gasteiger charge is 2.09. The van der Waals surface area contributed by atoms with Gasteiger partial charge in [-0.2, -0.15) is 0 Å². The summed E-state index contributed by atoms with van der Waals surface area (Å²) in [6.45, 7) is 8.49. The molecule has 0 aliphatic heterocycles. The van der Waals surface area contributed by atoms with Crippen LogP contribution in [0.3, 0.4) is 0 Å². The van der Waals surface area contributed by atoms with Crippen LogP contribution in [0.4, 0.5) is 0 Å². The maximum absolute atomic E-state index is 2.30. The Morgan fingerprint density at radius 3 is 1.07 bits per heavy atom. The van der Waals surface area contributed by atoms with Crippen LogP contribution < -0.4 is 0 Å². The molecule has 0 aliphatic carbocycles. The molecule has 0 aromatic heterocycles. The predicted octanol–water partition coefficient (Wildman–Crippen LogP) is 10.8. The highest BCUT2D eigenvalue weighted by molar-refractivity contribution is 5.92. The molecular formula is C40H36. The van der Waals surface area contributed by atoms with Crippen molar-refractivity contribution in [2.75, 3.05) is 0 Å². The molecule has 0 N–H and O–H groups in total. The Balaban J connectivity index is 1.44. The number of allylic oxidation sites excluding steroid dienone is 1. The van der Waals surface area contributed by atoms with E-state index in [-0.39, 0.29) is 0 Å². The van der Waals surface area contributed by atoms with E-state index in [1.54, 1.807) is 0 Å². The smallest absolute Gasteiger partial charge is 0.0105 e. The normalized spacial score (nSPS) is 12.2. The number of rotatable bonds is 7. The highest BCUT2D eigenvalue weighted by atomic mass is 14.1. The van der Waals surface area contributed by atoms with Crippen LogP contribution in [0.2, 0.25) is 0 Å².